The molecule has 1 unspecified atom stereocenters. The lowest BCUT2D eigenvalue weighted by atomic mass is 9.95. The van der Waals surface area contributed by atoms with Crippen LogP contribution >= 0.6 is 0 Å². The van der Waals surface area contributed by atoms with Crippen LogP contribution in [0.25, 0.3) is 0 Å². The Kier molecular flexibility index (Phi) is 4.43. The van der Waals surface area contributed by atoms with Gasteiger partial charge in [0.2, 0.25) is 0 Å². The fraction of sp³-hybridized carbons (Fsp3) is 0.267. The molecule has 0 spiro atoms. The standard InChI is InChI=1S/C15H14F2N4/c1-9(2)15(12-4-3-10(16)5-13(12)17)21-14-8-19-11(6-18)7-20-14/h3-5,7-9,15H,1-2H3,(H,20,21). The van der Waals surface area contributed by atoms with E-state index < -0.39 is 11.6 Å². The number of nitrogens with zero attached hydrogens (tertiary/aromatic N) is 3. The van der Waals surface area contributed by atoms with Crippen LogP contribution < -0.4 is 5.32 Å². The Hall–Kier alpha value is -2.55. The topological polar surface area (TPSA) is 61.6 Å². The van der Waals surface area contributed by atoms with Crippen LogP contribution in [0.5, 0.6) is 0 Å². The van der Waals surface area contributed by atoms with Crippen LogP contribution in [0.3, 0.4) is 0 Å². The predicted octanol–water partition coefficient (Wildman–Crippen LogP) is 3.44. The molecule has 0 saturated carbocycles. The van der Waals surface area contributed by atoms with Gasteiger partial charge in [-0.2, -0.15) is 5.26 Å². The first kappa shape index (κ1) is 14.9. The van der Waals surface area contributed by atoms with Gasteiger partial charge in [-0.25, -0.2) is 18.7 Å². The van der Waals surface area contributed by atoms with Gasteiger partial charge in [0.05, 0.1) is 18.4 Å². The van der Waals surface area contributed by atoms with E-state index in [1.807, 2.05) is 19.9 Å². The van der Waals surface area contributed by atoms with Crippen molar-refractivity contribution in [3.8, 4) is 6.07 Å². The molecular formula is C15H14F2N4. The minimum absolute atomic E-state index is 0.0439. The van der Waals surface area contributed by atoms with Gasteiger partial charge < -0.3 is 5.32 Å². The lowest BCUT2D eigenvalue weighted by Crippen LogP contribution is -2.19. The quantitative estimate of drug-likeness (QED) is 0.936. The highest BCUT2D eigenvalue weighted by molar-refractivity contribution is 5.38. The zero-order chi connectivity index (χ0) is 15.4. The van der Waals surface area contributed by atoms with Crippen LogP contribution in [0, 0.1) is 28.9 Å². The molecule has 0 aliphatic rings. The van der Waals surface area contributed by atoms with Gasteiger partial charge in [-0.3, -0.25) is 0 Å². The molecule has 1 N–H and O–H groups in total. The first-order valence-electron chi connectivity index (χ1n) is 6.45. The van der Waals surface area contributed by atoms with Gasteiger partial charge in [0.1, 0.15) is 23.5 Å². The summed E-state index contributed by atoms with van der Waals surface area (Å²) in [5.41, 5.74) is 0.562. The molecule has 0 saturated heterocycles. The second-order valence-corrected chi connectivity index (χ2v) is 4.93. The molecule has 0 radical (unpaired) electrons. The summed E-state index contributed by atoms with van der Waals surface area (Å²) in [4.78, 5) is 7.95. The summed E-state index contributed by atoms with van der Waals surface area (Å²) in [5, 5.41) is 11.7. The van der Waals surface area contributed by atoms with Crippen molar-refractivity contribution in [2.75, 3.05) is 5.32 Å². The monoisotopic (exact) mass is 288 g/mol. The van der Waals surface area contributed by atoms with E-state index in [0.29, 0.717) is 11.4 Å². The smallest absolute Gasteiger partial charge is 0.158 e. The number of hydrogen-bond acceptors (Lipinski definition) is 4. The van der Waals surface area contributed by atoms with Crippen molar-refractivity contribution in [2.24, 2.45) is 5.92 Å². The first-order valence-corrected chi connectivity index (χ1v) is 6.45. The van der Waals surface area contributed by atoms with E-state index in [1.54, 1.807) is 0 Å². The average molecular weight is 288 g/mol. The van der Waals surface area contributed by atoms with Crippen LogP contribution in [0.4, 0.5) is 14.6 Å². The van der Waals surface area contributed by atoms with Gasteiger partial charge in [0.25, 0.3) is 0 Å². The lowest BCUT2D eigenvalue weighted by Gasteiger charge is -2.23. The Balaban J connectivity index is 2.28. The fourth-order valence-corrected chi connectivity index (χ4v) is 1.98. The Morgan fingerprint density at radius 2 is 1.95 bits per heavy atom. The zero-order valence-electron chi connectivity index (χ0n) is 11.6. The van der Waals surface area contributed by atoms with Gasteiger partial charge >= 0.3 is 0 Å². The number of nitriles is 1. The maximum absolute atomic E-state index is 13.9. The van der Waals surface area contributed by atoms with Gasteiger partial charge in [0, 0.05) is 11.6 Å². The molecule has 4 nitrogen and oxygen atoms in total. The summed E-state index contributed by atoms with van der Waals surface area (Å²) >= 11 is 0. The van der Waals surface area contributed by atoms with Gasteiger partial charge in [-0.1, -0.05) is 19.9 Å². The highest BCUT2D eigenvalue weighted by Crippen LogP contribution is 2.28. The number of benzene rings is 1. The van der Waals surface area contributed by atoms with Crippen molar-refractivity contribution in [3.63, 3.8) is 0 Å². The Morgan fingerprint density at radius 1 is 1.19 bits per heavy atom. The van der Waals surface area contributed by atoms with Gasteiger partial charge in [-0.05, 0) is 12.0 Å². The number of aromatic nitrogens is 2. The van der Waals surface area contributed by atoms with Crippen LogP contribution in [0.2, 0.25) is 0 Å². The average Bonchev–Trinajstić information content (AvgIpc) is 2.46. The van der Waals surface area contributed by atoms with E-state index in [9.17, 15) is 8.78 Å². The van der Waals surface area contributed by atoms with Crippen molar-refractivity contribution < 1.29 is 8.78 Å². The zero-order valence-corrected chi connectivity index (χ0v) is 11.6. The Labute approximate surface area is 121 Å². The number of halogens is 2. The minimum atomic E-state index is -0.614. The lowest BCUT2D eigenvalue weighted by molar-refractivity contribution is 0.502. The van der Waals surface area contributed by atoms with Crippen molar-refractivity contribution in [3.05, 3.63) is 53.5 Å². The third-order valence-electron chi connectivity index (χ3n) is 3.03. The maximum atomic E-state index is 13.9. The second kappa shape index (κ2) is 6.27. The number of rotatable bonds is 4. The Bertz CT molecular complexity index is 662. The largest absolute Gasteiger partial charge is 0.362 e. The minimum Gasteiger partial charge on any atom is -0.362 e. The third-order valence-corrected chi connectivity index (χ3v) is 3.03. The van der Waals surface area contributed by atoms with Crippen molar-refractivity contribution >= 4 is 5.82 Å². The molecule has 1 aromatic heterocycles. The highest BCUT2D eigenvalue weighted by Gasteiger charge is 2.20. The SMILES string of the molecule is CC(C)C(Nc1cnc(C#N)cn1)c1ccc(F)cc1F. The molecule has 2 aromatic rings. The maximum Gasteiger partial charge on any atom is 0.158 e. The molecule has 0 fully saturated rings. The molecule has 108 valence electrons. The van der Waals surface area contributed by atoms with E-state index in [1.165, 1.54) is 24.5 Å². The first-order chi connectivity index (χ1) is 10.0. The third kappa shape index (κ3) is 3.51. The van der Waals surface area contributed by atoms with Crippen molar-refractivity contribution in [1.82, 2.24) is 9.97 Å². The van der Waals surface area contributed by atoms with E-state index in [2.05, 4.69) is 15.3 Å². The normalized spacial score (nSPS) is 12.0. The second-order valence-electron chi connectivity index (χ2n) is 4.93. The number of hydrogen-bond donors (Lipinski definition) is 1. The summed E-state index contributed by atoms with van der Waals surface area (Å²) in [6.45, 7) is 3.83. The van der Waals surface area contributed by atoms with Crippen LogP contribution in [0.1, 0.15) is 31.1 Å². The van der Waals surface area contributed by atoms with E-state index in [0.717, 1.165) is 6.07 Å². The summed E-state index contributed by atoms with van der Waals surface area (Å²) in [5.74, 6) is -0.751. The van der Waals surface area contributed by atoms with Gasteiger partial charge in [0.15, 0.2) is 5.69 Å². The van der Waals surface area contributed by atoms with E-state index >= 15 is 0 Å². The fourth-order valence-electron chi connectivity index (χ4n) is 1.98. The Morgan fingerprint density at radius 3 is 2.48 bits per heavy atom. The molecule has 0 aliphatic carbocycles. The molecule has 2 rings (SSSR count). The molecule has 0 aliphatic heterocycles. The number of nitrogens with one attached hydrogen (secondary N) is 1. The summed E-state index contributed by atoms with van der Waals surface area (Å²) in [7, 11) is 0. The number of anilines is 1. The molecule has 21 heavy (non-hydrogen) atoms. The van der Waals surface area contributed by atoms with Gasteiger partial charge in [-0.15, -0.1) is 0 Å². The molecular weight excluding hydrogens is 274 g/mol. The van der Waals surface area contributed by atoms with E-state index in [-0.39, 0.29) is 17.7 Å². The summed E-state index contributed by atoms with van der Waals surface area (Å²) < 4.78 is 26.9. The van der Waals surface area contributed by atoms with Crippen molar-refractivity contribution in [1.29, 1.82) is 5.26 Å². The molecule has 1 heterocycles. The molecule has 6 heteroatoms. The van der Waals surface area contributed by atoms with Crippen LogP contribution in [-0.2, 0) is 0 Å². The molecule has 0 bridgehead atoms. The van der Waals surface area contributed by atoms with E-state index in [4.69, 9.17) is 5.26 Å². The molecule has 0 amide bonds. The predicted molar refractivity (Wildman–Crippen MR) is 74.3 cm³/mol. The summed E-state index contributed by atoms with van der Waals surface area (Å²) in [6.07, 6.45) is 2.75. The molecule has 1 atom stereocenters. The van der Waals surface area contributed by atoms with Crippen LogP contribution in [-0.4, -0.2) is 9.97 Å². The molecule has 1 aromatic carbocycles. The van der Waals surface area contributed by atoms with Crippen LogP contribution in [0.15, 0.2) is 30.6 Å². The highest BCUT2D eigenvalue weighted by atomic mass is 19.1. The summed E-state index contributed by atoms with van der Waals surface area (Å²) in [6, 6.07) is 4.99. The van der Waals surface area contributed by atoms with Crippen molar-refractivity contribution in [2.45, 2.75) is 19.9 Å².